The molecule has 0 aliphatic carbocycles. The van der Waals surface area contributed by atoms with Crippen LogP contribution < -0.4 is 0 Å². The molecule has 118 valence electrons. The first-order valence-electron chi connectivity index (χ1n) is 6.99. The van der Waals surface area contributed by atoms with Crippen molar-refractivity contribution in [1.29, 1.82) is 0 Å². The van der Waals surface area contributed by atoms with Gasteiger partial charge in [0.1, 0.15) is 6.54 Å². The number of nitrogens with zero attached hydrogens (tertiary/aromatic N) is 2. The monoisotopic (exact) mass is 318 g/mol. The van der Waals surface area contributed by atoms with Gasteiger partial charge < -0.3 is 9.47 Å². The standard InChI is InChI=1S/C13H18N2O5.ClH/c1-2-19-10(16)7-15-11(17)13(20-12(15)18)8-14-5-3-9(13)4-6-14;/h9H,2-8H2,1H3;1H. The second-order valence-corrected chi connectivity index (χ2v) is 5.50. The molecule has 0 saturated carbocycles. The van der Waals surface area contributed by atoms with E-state index < -0.39 is 17.7 Å². The summed E-state index contributed by atoms with van der Waals surface area (Å²) in [5.41, 5.74) is -1.07. The first kappa shape index (κ1) is 16.0. The fourth-order valence-corrected chi connectivity index (χ4v) is 3.41. The average molecular weight is 319 g/mol. The Morgan fingerprint density at radius 2 is 2.05 bits per heavy atom. The van der Waals surface area contributed by atoms with Gasteiger partial charge in [0.25, 0.3) is 5.91 Å². The Hall–Kier alpha value is -1.34. The predicted octanol–water partition coefficient (Wildman–Crippen LogP) is 0.415. The van der Waals surface area contributed by atoms with Crippen LogP contribution in [0, 0.1) is 5.92 Å². The van der Waals surface area contributed by atoms with Gasteiger partial charge in [-0.2, -0.15) is 0 Å². The average Bonchev–Trinajstić information content (AvgIpc) is 2.65. The van der Waals surface area contributed by atoms with E-state index in [1.165, 1.54) is 0 Å². The summed E-state index contributed by atoms with van der Waals surface area (Å²) < 4.78 is 10.2. The summed E-state index contributed by atoms with van der Waals surface area (Å²) in [5, 5.41) is 0. The lowest BCUT2D eigenvalue weighted by atomic mass is 9.75. The molecule has 0 aromatic rings. The molecule has 1 atom stereocenters. The van der Waals surface area contributed by atoms with Gasteiger partial charge in [0, 0.05) is 12.5 Å². The molecular formula is C13H19ClN2O5. The second-order valence-electron chi connectivity index (χ2n) is 5.50. The van der Waals surface area contributed by atoms with Gasteiger partial charge in [-0.05, 0) is 32.9 Å². The molecule has 7 nitrogen and oxygen atoms in total. The minimum atomic E-state index is -1.07. The lowest BCUT2D eigenvalue weighted by molar-refractivity contribution is -0.156. The van der Waals surface area contributed by atoms with Crippen molar-refractivity contribution in [3.8, 4) is 0 Å². The Labute approximate surface area is 128 Å². The largest absolute Gasteiger partial charge is 0.465 e. The molecule has 4 heterocycles. The lowest BCUT2D eigenvalue weighted by Gasteiger charge is -2.48. The van der Waals surface area contributed by atoms with Crippen LogP contribution in [0.2, 0.25) is 0 Å². The smallest absolute Gasteiger partial charge is 0.418 e. The first-order chi connectivity index (χ1) is 9.56. The molecule has 1 spiro atoms. The highest BCUT2D eigenvalue weighted by Crippen LogP contribution is 2.42. The molecule has 0 N–H and O–H groups in total. The number of ether oxygens (including phenoxy) is 2. The van der Waals surface area contributed by atoms with Crippen LogP contribution in [0.4, 0.5) is 4.79 Å². The Morgan fingerprint density at radius 3 is 2.57 bits per heavy atom. The van der Waals surface area contributed by atoms with E-state index in [-0.39, 0.29) is 37.4 Å². The van der Waals surface area contributed by atoms with Crippen LogP contribution in [0.5, 0.6) is 0 Å². The third kappa shape index (κ3) is 2.48. The van der Waals surface area contributed by atoms with Crippen molar-refractivity contribution in [2.75, 3.05) is 32.8 Å². The van der Waals surface area contributed by atoms with Gasteiger partial charge in [-0.1, -0.05) is 0 Å². The van der Waals surface area contributed by atoms with Crippen molar-refractivity contribution in [2.24, 2.45) is 5.92 Å². The zero-order valence-corrected chi connectivity index (χ0v) is 12.7. The molecule has 2 amide bonds. The number of fused-ring (bicyclic) bond motifs is 2. The SMILES string of the molecule is CCOC(=O)CN1C(=O)OC2(CN3CCC2CC3)C1=O.Cl. The number of amides is 2. The molecular weight excluding hydrogens is 300 g/mol. The van der Waals surface area contributed by atoms with E-state index in [1.54, 1.807) is 6.92 Å². The number of hydrogen-bond donors (Lipinski definition) is 0. The Morgan fingerprint density at radius 1 is 1.38 bits per heavy atom. The summed E-state index contributed by atoms with van der Waals surface area (Å²) in [6.45, 7) is 3.86. The lowest BCUT2D eigenvalue weighted by Crippen LogP contribution is -2.63. The van der Waals surface area contributed by atoms with Crippen LogP contribution in [0.3, 0.4) is 0 Å². The number of carbonyl (C=O) groups is 3. The van der Waals surface area contributed by atoms with E-state index in [4.69, 9.17) is 9.47 Å². The Balaban J connectivity index is 0.00000161. The first-order valence-corrected chi connectivity index (χ1v) is 6.99. The van der Waals surface area contributed by atoms with Gasteiger partial charge in [-0.25, -0.2) is 9.69 Å². The van der Waals surface area contributed by atoms with E-state index in [0.717, 1.165) is 30.8 Å². The van der Waals surface area contributed by atoms with Crippen molar-refractivity contribution in [2.45, 2.75) is 25.4 Å². The summed E-state index contributed by atoms with van der Waals surface area (Å²) >= 11 is 0. The number of esters is 1. The quantitative estimate of drug-likeness (QED) is 0.702. The van der Waals surface area contributed by atoms with Gasteiger partial charge in [-0.3, -0.25) is 14.5 Å². The van der Waals surface area contributed by atoms with E-state index in [1.807, 2.05) is 0 Å². The van der Waals surface area contributed by atoms with Crippen LogP contribution in [0.25, 0.3) is 0 Å². The highest BCUT2D eigenvalue weighted by atomic mass is 35.5. The van der Waals surface area contributed by atoms with Crippen LogP contribution >= 0.6 is 12.4 Å². The van der Waals surface area contributed by atoms with Crippen molar-refractivity contribution in [1.82, 2.24) is 9.80 Å². The summed E-state index contributed by atoms with van der Waals surface area (Å²) in [6.07, 6.45) is 0.982. The molecule has 0 aromatic carbocycles. The Bertz CT molecular complexity index is 463. The minimum Gasteiger partial charge on any atom is -0.465 e. The van der Waals surface area contributed by atoms with Gasteiger partial charge in [0.05, 0.1) is 6.61 Å². The molecule has 21 heavy (non-hydrogen) atoms. The van der Waals surface area contributed by atoms with Gasteiger partial charge >= 0.3 is 12.1 Å². The number of hydrogen-bond acceptors (Lipinski definition) is 6. The van der Waals surface area contributed by atoms with Crippen LogP contribution in [0.1, 0.15) is 19.8 Å². The molecule has 4 aliphatic heterocycles. The molecule has 4 fully saturated rings. The van der Waals surface area contributed by atoms with Crippen LogP contribution in [-0.4, -0.2) is 66.2 Å². The fourth-order valence-electron chi connectivity index (χ4n) is 3.41. The maximum Gasteiger partial charge on any atom is 0.418 e. The number of imide groups is 1. The van der Waals surface area contributed by atoms with Gasteiger partial charge in [0.15, 0.2) is 0 Å². The third-order valence-corrected chi connectivity index (χ3v) is 4.40. The molecule has 8 heteroatoms. The molecule has 0 aromatic heterocycles. The maximum atomic E-state index is 12.6. The van der Waals surface area contributed by atoms with Gasteiger partial charge in [-0.15, -0.1) is 12.4 Å². The van der Waals surface area contributed by atoms with E-state index in [2.05, 4.69) is 4.90 Å². The number of halogens is 1. The van der Waals surface area contributed by atoms with Crippen molar-refractivity contribution < 1.29 is 23.9 Å². The number of piperidine rings is 3. The zero-order valence-electron chi connectivity index (χ0n) is 11.9. The van der Waals surface area contributed by atoms with E-state index in [0.29, 0.717) is 6.54 Å². The molecule has 4 saturated heterocycles. The summed E-state index contributed by atoms with van der Waals surface area (Å²) in [7, 11) is 0. The van der Waals surface area contributed by atoms with Crippen LogP contribution in [-0.2, 0) is 19.1 Å². The van der Waals surface area contributed by atoms with Crippen LogP contribution in [0.15, 0.2) is 0 Å². The summed E-state index contributed by atoms with van der Waals surface area (Å²) in [5.74, 6) is -0.905. The fraction of sp³-hybridized carbons (Fsp3) is 0.769. The Kier molecular flexibility index (Phi) is 4.43. The number of rotatable bonds is 3. The zero-order chi connectivity index (χ0) is 14.3. The molecule has 0 radical (unpaired) electrons. The molecule has 1 unspecified atom stereocenters. The maximum absolute atomic E-state index is 12.6. The summed E-state index contributed by atoms with van der Waals surface area (Å²) in [4.78, 5) is 39.0. The van der Waals surface area contributed by atoms with Crippen molar-refractivity contribution >= 4 is 30.4 Å². The molecule has 4 aliphatic rings. The summed E-state index contributed by atoms with van der Waals surface area (Å²) in [6, 6.07) is 0. The van der Waals surface area contributed by atoms with E-state index in [9.17, 15) is 14.4 Å². The van der Waals surface area contributed by atoms with E-state index >= 15 is 0 Å². The molecule has 2 bridgehead atoms. The predicted molar refractivity (Wildman–Crippen MR) is 74.0 cm³/mol. The van der Waals surface area contributed by atoms with Crippen molar-refractivity contribution in [3.63, 3.8) is 0 Å². The van der Waals surface area contributed by atoms with Crippen molar-refractivity contribution in [3.05, 3.63) is 0 Å². The topological polar surface area (TPSA) is 76.2 Å². The highest BCUT2D eigenvalue weighted by molar-refractivity contribution is 6.05. The highest BCUT2D eigenvalue weighted by Gasteiger charge is 2.62. The molecule has 4 rings (SSSR count). The second kappa shape index (κ2) is 5.81. The number of carbonyl (C=O) groups excluding carboxylic acids is 3. The minimum absolute atomic E-state index is 0. The van der Waals surface area contributed by atoms with Gasteiger partial charge in [0.2, 0.25) is 5.60 Å². The normalized spacial score (nSPS) is 33.9. The third-order valence-electron chi connectivity index (χ3n) is 4.40.